The van der Waals surface area contributed by atoms with Crippen LogP contribution in [0.5, 0.6) is 0 Å². The number of nitrogens with zero attached hydrogens (tertiary/aromatic N) is 2. The van der Waals surface area contributed by atoms with Gasteiger partial charge >= 0.3 is 11.9 Å². The normalized spacial score (nSPS) is 42.1. The first-order chi connectivity index (χ1) is 9.58. The fourth-order valence-electron chi connectivity index (χ4n) is 4.34. The van der Waals surface area contributed by atoms with E-state index in [0.717, 1.165) is 51.9 Å². The molecule has 4 bridgehead atoms. The summed E-state index contributed by atoms with van der Waals surface area (Å²) in [5.41, 5.74) is 0. The standard InChI is InChI=1S/2C7H11NO2.ClH/c2*9-7(10)6-5-1-3-8(6)4-2-5;/h2*5-6H,1-4H2,(H,9,10);1H. The van der Waals surface area contributed by atoms with E-state index >= 15 is 0 Å². The molecule has 21 heavy (non-hydrogen) atoms. The Morgan fingerprint density at radius 2 is 1.00 bits per heavy atom. The number of carboxylic acid groups (broad SMARTS) is 2. The first kappa shape index (κ1) is 16.5. The molecule has 7 heteroatoms. The zero-order chi connectivity index (χ0) is 14.3. The summed E-state index contributed by atoms with van der Waals surface area (Å²) in [5.74, 6) is -0.338. The number of carbonyl (C=O) groups is 2. The molecule has 4 fully saturated rings. The third-order valence-electron chi connectivity index (χ3n) is 5.33. The van der Waals surface area contributed by atoms with Crippen LogP contribution >= 0.6 is 12.4 Å². The summed E-state index contributed by atoms with van der Waals surface area (Å²) in [6.07, 6.45) is 4.38. The van der Waals surface area contributed by atoms with Crippen LogP contribution in [-0.4, -0.2) is 70.2 Å². The minimum absolute atomic E-state index is 0. The fraction of sp³-hybridized carbons (Fsp3) is 0.857. The number of hydrogen-bond acceptors (Lipinski definition) is 4. The minimum Gasteiger partial charge on any atom is -0.480 e. The average Bonchev–Trinajstić information content (AvgIpc) is 3.18. The molecule has 2 atom stereocenters. The summed E-state index contributed by atoms with van der Waals surface area (Å²) < 4.78 is 0. The molecule has 0 amide bonds. The van der Waals surface area contributed by atoms with E-state index in [9.17, 15) is 9.59 Å². The van der Waals surface area contributed by atoms with Crippen molar-refractivity contribution in [3.63, 3.8) is 0 Å². The van der Waals surface area contributed by atoms with E-state index in [-0.39, 0.29) is 24.5 Å². The van der Waals surface area contributed by atoms with Gasteiger partial charge in [-0.1, -0.05) is 0 Å². The van der Waals surface area contributed by atoms with Gasteiger partial charge in [-0.3, -0.25) is 19.4 Å². The van der Waals surface area contributed by atoms with E-state index in [4.69, 9.17) is 10.2 Å². The van der Waals surface area contributed by atoms with E-state index in [1.54, 1.807) is 0 Å². The van der Waals surface area contributed by atoms with E-state index in [1.807, 2.05) is 0 Å². The molecule has 2 unspecified atom stereocenters. The van der Waals surface area contributed by atoms with Gasteiger partial charge in [-0.15, -0.1) is 12.4 Å². The SMILES string of the molecule is Cl.O=C(O)C1C2CCN1CC2.O=C(O)C1C2CCN1CC2. The molecule has 4 heterocycles. The molecule has 2 N–H and O–H groups in total. The predicted molar refractivity (Wildman–Crippen MR) is 78.7 cm³/mol. The molecule has 4 aliphatic rings. The summed E-state index contributed by atoms with van der Waals surface area (Å²) in [4.78, 5) is 25.4. The van der Waals surface area contributed by atoms with Crippen molar-refractivity contribution >= 4 is 24.3 Å². The number of rotatable bonds is 2. The molecule has 0 radical (unpaired) electrons. The van der Waals surface area contributed by atoms with E-state index in [2.05, 4.69) is 9.80 Å². The van der Waals surface area contributed by atoms with Crippen molar-refractivity contribution in [1.29, 1.82) is 0 Å². The molecule has 6 nitrogen and oxygen atoms in total. The van der Waals surface area contributed by atoms with Gasteiger partial charge in [-0.2, -0.15) is 0 Å². The number of carboxylic acids is 2. The Kier molecular flexibility index (Phi) is 5.11. The first-order valence-electron chi connectivity index (χ1n) is 7.51. The molecular weight excluding hydrogens is 296 g/mol. The zero-order valence-electron chi connectivity index (χ0n) is 12.0. The van der Waals surface area contributed by atoms with Crippen molar-refractivity contribution in [2.45, 2.75) is 37.8 Å². The maximum atomic E-state index is 10.6. The molecule has 0 aliphatic carbocycles. The highest BCUT2D eigenvalue weighted by Gasteiger charge is 2.44. The lowest BCUT2D eigenvalue weighted by Gasteiger charge is -2.13. The molecular formula is C14H23ClN2O4. The van der Waals surface area contributed by atoms with Crippen LogP contribution in [0.15, 0.2) is 0 Å². The van der Waals surface area contributed by atoms with Crippen molar-refractivity contribution in [1.82, 2.24) is 9.80 Å². The second-order valence-electron chi connectivity index (χ2n) is 6.31. The lowest BCUT2D eigenvalue weighted by molar-refractivity contribution is -0.142. The van der Waals surface area contributed by atoms with Gasteiger partial charge in [0.2, 0.25) is 0 Å². The zero-order valence-corrected chi connectivity index (χ0v) is 12.8. The van der Waals surface area contributed by atoms with Gasteiger partial charge in [0.1, 0.15) is 12.1 Å². The molecule has 0 spiro atoms. The Balaban J connectivity index is 0.000000147. The number of fused-ring (bicyclic) bond motifs is 4. The lowest BCUT2D eigenvalue weighted by atomic mass is 10.00. The summed E-state index contributed by atoms with van der Waals surface area (Å²) in [6.45, 7) is 4.01. The molecule has 4 rings (SSSR count). The highest BCUT2D eigenvalue weighted by atomic mass is 35.5. The number of aliphatic carboxylic acids is 2. The van der Waals surface area contributed by atoms with Gasteiger partial charge in [0.15, 0.2) is 0 Å². The van der Waals surface area contributed by atoms with E-state index in [1.165, 1.54) is 0 Å². The Morgan fingerprint density at radius 1 is 0.714 bits per heavy atom. The molecule has 4 saturated heterocycles. The Labute approximate surface area is 130 Å². The summed E-state index contributed by atoms with van der Waals surface area (Å²) in [6, 6.07) is -0.278. The molecule has 0 aromatic carbocycles. The first-order valence-corrected chi connectivity index (χ1v) is 7.51. The smallest absolute Gasteiger partial charge is 0.321 e. The van der Waals surface area contributed by atoms with Crippen molar-refractivity contribution in [2.24, 2.45) is 11.8 Å². The predicted octanol–water partition coefficient (Wildman–Crippen LogP) is 0.752. The van der Waals surface area contributed by atoms with Gasteiger partial charge in [-0.25, -0.2) is 0 Å². The van der Waals surface area contributed by atoms with Crippen molar-refractivity contribution in [3.05, 3.63) is 0 Å². The monoisotopic (exact) mass is 318 g/mol. The van der Waals surface area contributed by atoms with Gasteiger partial charge < -0.3 is 10.2 Å². The Hall–Kier alpha value is -0.850. The van der Waals surface area contributed by atoms with E-state index in [0.29, 0.717) is 11.8 Å². The molecule has 4 aliphatic heterocycles. The second-order valence-corrected chi connectivity index (χ2v) is 6.31. The molecule has 0 saturated carbocycles. The van der Waals surface area contributed by atoms with Crippen LogP contribution in [0.2, 0.25) is 0 Å². The van der Waals surface area contributed by atoms with Crippen LogP contribution in [0.25, 0.3) is 0 Å². The maximum Gasteiger partial charge on any atom is 0.321 e. The third kappa shape index (κ3) is 3.03. The number of hydrogen-bond donors (Lipinski definition) is 2. The largest absolute Gasteiger partial charge is 0.480 e. The van der Waals surface area contributed by atoms with Crippen LogP contribution in [0.4, 0.5) is 0 Å². The Morgan fingerprint density at radius 3 is 1.10 bits per heavy atom. The quantitative estimate of drug-likeness (QED) is 0.782. The van der Waals surface area contributed by atoms with Gasteiger partial charge in [0, 0.05) is 0 Å². The van der Waals surface area contributed by atoms with Crippen LogP contribution in [0, 0.1) is 11.8 Å². The Bertz CT molecular complexity index is 342. The molecule has 0 aromatic heterocycles. The van der Waals surface area contributed by atoms with Crippen molar-refractivity contribution in [2.75, 3.05) is 26.2 Å². The van der Waals surface area contributed by atoms with Crippen molar-refractivity contribution in [3.8, 4) is 0 Å². The maximum absolute atomic E-state index is 10.6. The van der Waals surface area contributed by atoms with Crippen LogP contribution in [-0.2, 0) is 9.59 Å². The van der Waals surface area contributed by atoms with Gasteiger partial charge in [-0.05, 0) is 63.7 Å². The van der Waals surface area contributed by atoms with Gasteiger partial charge in [0.25, 0.3) is 0 Å². The third-order valence-corrected chi connectivity index (χ3v) is 5.33. The summed E-state index contributed by atoms with van der Waals surface area (Å²) in [5, 5.41) is 17.5. The minimum atomic E-state index is -0.625. The van der Waals surface area contributed by atoms with Crippen LogP contribution in [0.1, 0.15) is 25.7 Å². The molecule has 0 aromatic rings. The highest BCUT2D eigenvalue weighted by Crippen LogP contribution is 2.34. The second kappa shape index (κ2) is 6.50. The highest BCUT2D eigenvalue weighted by molar-refractivity contribution is 5.85. The van der Waals surface area contributed by atoms with Crippen LogP contribution in [0.3, 0.4) is 0 Å². The lowest BCUT2D eigenvalue weighted by Crippen LogP contribution is -2.33. The number of piperidine rings is 2. The fourth-order valence-corrected chi connectivity index (χ4v) is 4.34. The topological polar surface area (TPSA) is 81.1 Å². The average molecular weight is 319 g/mol. The van der Waals surface area contributed by atoms with E-state index < -0.39 is 11.9 Å². The number of halogens is 1. The van der Waals surface area contributed by atoms with Crippen LogP contribution < -0.4 is 0 Å². The summed E-state index contributed by atoms with van der Waals surface area (Å²) >= 11 is 0. The molecule has 120 valence electrons. The van der Waals surface area contributed by atoms with Gasteiger partial charge in [0.05, 0.1) is 0 Å². The van der Waals surface area contributed by atoms with Crippen molar-refractivity contribution < 1.29 is 19.8 Å². The summed E-state index contributed by atoms with van der Waals surface area (Å²) in [7, 11) is 0.